The molecule has 0 spiro atoms. The molecule has 2 rings (SSSR count). The van der Waals surface area contributed by atoms with Crippen LogP contribution in [-0.2, 0) is 9.47 Å². The third-order valence-electron chi connectivity index (χ3n) is 3.27. The van der Waals surface area contributed by atoms with Crippen LogP contribution in [0, 0.1) is 0 Å². The predicted molar refractivity (Wildman–Crippen MR) is 108 cm³/mol. The van der Waals surface area contributed by atoms with Crippen molar-refractivity contribution in [1.82, 2.24) is 0 Å². The monoisotopic (exact) mass is 456 g/mol. The van der Waals surface area contributed by atoms with Crippen LogP contribution < -0.4 is 10.6 Å². The van der Waals surface area contributed by atoms with Gasteiger partial charge in [-0.1, -0.05) is 27.5 Å². The molecule has 0 aromatic heterocycles. The molecule has 26 heavy (non-hydrogen) atoms. The number of thiocarbonyl (C=S) groups is 1. The Bertz CT molecular complexity index is 876. The van der Waals surface area contributed by atoms with Gasteiger partial charge in [-0.05, 0) is 48.6 Å². The van der Waals surface area contributed by atoms with Gasteiger partial charge in [-0.2, -0.15) is 0 Å². The van der Waals surface area contributed by atoms with E-state index in [1.165, 1.54) is 32.4 Å². The van der Waals surface area contributed by atoms with Crippen molar-refractivity contribution in [2.45, 2.75) is 0 Å². The Morgan fingerprint density at radius 2 is 1.65 bits per heavy atom. The zero-order valence-electron chi connectivity index (χ0n) is 13.8. The zero-order valence-corrected chi connectivity index (χ0v) is 16.9. The molecule has 2 aromatic rings. The average Bonchev–Trinajstić information content (AvgIpc) is 2.62. The number of rotatable bonds is 4. The van der Waals surface area contributed by atoms with Crippen LogP contribution in [0.25, 0.3) is 0 Å². The van der Waals surface area contributed by atoms with E-state index in [9.17, 15) is 9.59 Å². The van der Waals surface area contributed by atoms with Gasteiger partial charge in [-0.3, -0.25) is 0 Å². The normalized spacial score (nSPS) is 10.0. The first kappa shape index (κ1) is 20.2. The molecule has 136 valence electrons. The molecule has 0 fully saturated rings. The van der Waals surface area contributed by atoms with Gasteiger partial charge in [-0.25, -0.2) is 9.59 Å². The van der Waals surface area contributed by atoms with Crippen LogP contribution in [-0.4, -0.2) is 31.3 Å². The molecule has 0 aliphatic heterocycles. The Kier molecular flexibility index (Phi) is 6.96. The summed E-state index contributed by atoms with van der Waals surface area (Å²) in [4.78, 5) is 23.7. The number of ether oxygens (including phenoxy) is 2. The Labute approximate surface area is 168 Å². The fourth-order valence-electron chi connectivity index (χ4n) is 2.05. The van der Waals surface area contributed by atoms with E-state index in [1.807, 2.05) is 0 Å². The highest BCUT2D eigenvalue weighted by atomic mass is 79.9. The van der Waals surface area contributed by atoms with Gasteiger partial charge in [0.05, 0.1) is 41.7 Å². The van der Waals surface area contributed by atoms with Crippen molar-refractivity contribution >= 4 is 68.2 Å². The highest BCUT2D eigenvalue weighted by molar-refractivity contribution is 9.10. The second kappa shape index (κ2) is 8.98. The van der Waals surface area contributed by atoms with Gasteiger partial charge < -0.3 is 20.1 Å². The molecule has 0 bridgehead atoms. The van der Waals surface area contributed by atoms with E-state index in [0.717, 1.165) is 4.47 Å². The first-order valence-electron chi connectivity index (χ1n) is 7.19. The summed E-state index contributed by atoms with van der Waals surface area (Å²) in [5.41, 5.74) is 1.35. The maximum absolute atomic E-state index is 11.9. The topological polar surface area (TPSA) is 76.7 Å². The largest absolute Gasteiger partial charge is 0.465 e. The molecule has 0 saturated heterocycles. The first-order chi connectivity index (χ1) is 12.3. The minimum absolute atomic E-state index is 0.182. The fourth-order valence-corrected chi connectivity index (χ4v) is 2.99. The summed E-state index contributed by atoms with van der Waals surface area (Å²) in [5, 5.41) is 6.45. The van der Waals surface area contributed by atoms with E-state index in [4.69, 9.17) is 33.3 Å². The molecule has 0 radical (unpaired) electrons. The van der Waals surface area contributed by atoms with Crippen molar-refractivity contribution in [1.29, 1.82) is 0 Å². The lowest BCUT2D eigenvalue weighted by atomic mass is 10.1. The molecule has 6 nitrogen and oxygen atoms in total. The maximum Gasteiger partial charge on any atom is 0.339 e. The van der Waals surface area contributed by atoms with Gasteiger partial charge >= 0.3 is 11.9 Å². The number of halogens is 2. The summed E-state index contributed by atoms with van der Waals surface area (Å²) in [6.45, 7) is 0. The molecule has 0 amide bonds. The van der Waals surface area contributed by atoms with Crippen molar-refractivity contribution in [2.24, 2.45) is 0 Å². The van der Waals surface area contributed by atoms with Crippen LogP contribution >= 0.6 is 39.7 Å². The number of methoxy groups -OCH3 is 2. The number of carbonyl (C=O) groups excluding carboxylic acids is 2. The molecule has 2 aromatic carbocycles. The van der Waals surface area contributed by atoms with Crippen LogP contribution in [0.5, 0.6) is 0 Å². The Balaban J connectivity index is 2.28. The molecule has 0 heterocycles. The number of carbonyl (C=O) groups is 2. The number of hydrogen-bond acceptors (Lipinski definition) is 5. The van der Waals surface area contributed by atoms with E-state index < -0.39 is 11.9 Å². The molecule has 0 aliphatic rings. The maximum atomic E-state index is 11.9. The Morgan fingerprint density at radius 3 is 2.27 bits per heavy atom. The van der Waals surface area contributed by atoms with Crippen LogP contribution in [0.1, 0.15) is 20.7 Å². The van der Waals surface area contributed by atoms with Crippen LogP contribution in [0.3, 0.4) is 0 Å². The molecule has 9 heteroatoms. The predicted octanol–water partition coefficient (Wildman–Crippen LogP) is 4.48. The lowest BCUT2D eigenvalue weighted by Gasteiger charge is -2.15. The summed E-state index contributed by atoms with van der Waals surface area (Å²) >= 11 is 14.7. The number of nitrogens with one attached hydrogen (secondary N) is 2. The Morgan fingerprint density at radius 1 is 1.00 bits per heavy atom. The van der Waals surface area contributed by atoms with E-state index in [1.54, 1.807) is 18.2 Å². The van der Waals surface area contributed by atoms with Crippen molar-refractivity contribution in [2.75, 3.05) is 24.9 Å². The molecular weight excluding hydrogens is 444 g/mol. The van der Waals surface area contributed by atoms with Crippen LogP contribution in [0.15, 0.2) is 40.9 Å². The van der Waals surface area contributed by atoms with Crippen molar-refractivity contribution in [3.63, 3.8) is 0 Å². The quantitative estimate of drug-likeness (QED) is 0.517. The van der Waals surface area contributed by atoms with Gasteiger partial charge in [0.15, 0.2) is 5.11 Å². The highest BCUT2D eigenvalue weighted by Gasteiger charge is 2.16. The first-order valence-corrected chi connectivity index (χ1v) is 8.77. The summed E-state index contributed by atoms with van der Waals surface area (Å²) in [7, 11) is 2.53. The fraction of sp³-hybridized carbons (Fsp3) is 0.118. The number of anilines is 2. The van der Waals surface area contributed by atoms with E-state index >= 15 is 0 Å². The standard InChI is InChI=1S/C17H14BrClN2O4S/c1-24-15(22)9-3-5-11(16(23)25-2)14(7-9)21-17(26)20-13-6-4-10(18)8-12(13)19/h3-8H,1-2H3,(H2,20,21,26). The summed E-state index contributed by atoms with van der Waals surface area (Å²) < 4.78 is 10.3. The second-order valence-corrected chi connectivity index (χ2v) is 6.68. The third kappa shape index (κ3) is 4.94. The lowest BCUT2D eigenvalue weighted by molar-refractivity contribution is 0.0587. The minimum atomic E-state index is -0.576. The van der Waals surface area contributed by atoms with E-state index in [0.29, 0.717) is 16.4 Å². The third-order valence-corrected chi connectivity index (χ3v) is 4.28. The van der Waals surface area contributed by atoms with Gasteiger partial charge in [0.1, 0.15) is 0 Å². The molecule has 0 saturated carbocycles. The smallest absolute Gasteiger partial charge is 0.339 e. The van der Waals surface area contributed by atoms with Gasteiger partial charge in [0, 0.05) is 4.47 Å². The molecule has 2 N–H and O–H groups in total. The van der Waals surface area contributed by atoms with E-state index in [2.05, 4.69) is 26.6 Å². The van der Waals surface area contributed by atoms with Gasteiger partial charge in [-0.15, -0.1) is 0 Å². The minimum Gasteiger partial charge on any atom is -0.465 e. The van der Waals surface area contributed by atoms with Gasteiger partial charge in [0.2, 0.25) is 0 Å². The lowest BCUT2D eigenvalue weighted by Crippen LogP contribution is -2.21. The molecular formula is C17H14BrClN2O4S. The SMILES string of the molecule is COC(=O)c1ccc(C(=O)OC)c(NC(=S)Nc2ccc(Br)cc2Cl)c1. The van der Waals surface area contributed by atoms with Crippen molar-refractivity contribution < 1.29 is 19.1 Å². The van der Waals surface area contributed by atoms with Crippen LogP contribution in [0.4, 0.5) is 11.4 Å². The van der Waals surface area contributed by atoms with Crippen LogP contribution in [0.2, 0.25) is 5.02 Å². The summed E-state index contributed by atoms with van der Waals surface area (Å²) in [6, 6.07) is 9.63. The van der Waals surface area contributed by atoms with E-state index in [-0.39, 0.29) is 16.2 Å². The molecule has 0 unspecified atom stereocenters. The number of benzene rings is 2. The number of hydrogen-bond donors (Lipinski definition) is 2. The number of esters is 2. The summed E-state index contributed by atoms with van der Waals surface area (Å²) in [6.07, 6.45) is 0. The Hall–Kier alpha value is -2.16. The van der Waals surface area contributed by atoms with Gasteiger partial charge in [0.25, 0.3) is 0 Å². The molecule has 0 atom stereocenters. The molecule has 0 aliphatic carbocycles. The van der Waals surface area contributed by atoms with Crippen molar-refractivity contribution in [3.8, 4) is 0 Å². The second-order valence-electron chi connectivity index (χ2n) is 4.95. The van der Waals surface area contributed by atoms with Crippen molar-refractivity contribution in [3.05, 3.63) is 57.0 Å². The average molecular weight is 458 g/mol. The highest BCUT2D eigenvalue weighted by Crippen LogP contribution is 2.26. The summed E-state index contributed by atoms with van der Waals surface area (Å²) in [5.74, 6) is -1.12. The zero-order chi connectivity index (χ0) is 19.3.